The van der Waals surface area contributed by atoms with Crippen LogP contribution in [-0.2, 0) is 10.5 Å². The minimum absolute atomic E-state index is 0.0301. The van der Waals surface area contributed by atoms with Crippen molar-refractivity contribution >= 4 is 28.9 Å². The second-order valence-electron chi connectivity index (χ2n) is 12.0. The number of nitro groups is 1. The Morgan fingerprint density at radius 2 is 1.79 bits per heavy atom. The quantitative estimate of drug-likeness (QED) is 0.181. The highest BCUT2D eigenvalue weighted by molar-refractivity contribution is 7.98. The van der Waals surface area contributed by atoms with Crippen LogP contribution < -0.4 is 10.6 Å². The summed E-state index contributed by atoms with van der Waals surface area (Å²) < 4.78 is 0. The van der Waals surface area contributed by atoms with E-state index in [0.717, 1.165) is 28.0 Å². The van der Waals surface area contributed by atoms with Gasteiger partial charge in [-0.1, -0.05) is 49.7 Å². The molecule has 1 aliphatic heterocycles. The summed E-state index contributed by atoms with van der Waals surface area (Å²) >= 11 is 1.75. The van der Waals surface area contributed by atoms with E-state index in [2.05, 4.69) is 56.3 Å². The normalized spacial score (nSPS) is 18.1. The molecule has 0 saturated heterocycles. The molecule has 0 spiro atoms. The third-order valence-corrected chi connectivity index (χ3v) is 9.19. The number of aryl methyl sites for hydroxylation is 3. The molecule has 0 radical (unpaired) electrons. The number of carbonyl (C=O) groups excluding carboxylic acids is 1. The van der Waals surface area contributed by atoms with Crippen LogP contribution in [0.4, 0.5) is 11.4 Å². The van der Waals surface area contributed by atoms with Gasteiger partial charge in [-0.2, -0.15) is 5.26 Å². The van der Waals surface area contributed by atoms with Crippen LogP contribution >= 0.6 is 11.8 Å². The van der Waals surface area contributed by atoms with E-state index in [0.29, 0.717) is 29.8 Å². The van der Waals surface area contributed by atoms with Crippen LogP contribution in [-0.4, -0.2) is 10.7 Å². The average Bonchev–Trinajstić information content (AvgIpc) is 2.92. The third kappa shape index (κ3) is 5.45. The molecule has 2 aliphatic rings. The molecule has 3 aromatic carbocycles. The lowest BCUT2D eigenvalue weighted by Gasteiger charge is -2.44. The van der Waals surface area contributed by atoms with E-state index in [1.54, 1.807) is 28.8 Å². The number of rotatable bonds is 6. The number of thioether (sulfide) groups is 1. The van der Waals surface area contributed by atoms with Gasteiger partial charge in [-0.3, -0.25) is 19.8 Å². The molecule has 214 valence electrons. The molecule has 7 nitrogen and oxygen atoms in total. The maximum Gasteiger partial charge on any atom is 0.271 e. The fraction of sp³-hybridized carbons (Fsp3) is 0.294. The van der Waals surface area contributed by atoms with E-state index < -0.39 is 10.8 Å². The highest BCUT2D eigenvalue weighted by Crippen LogP contribution is 2.51. The number of nitriles is 1. The molecule has 8 heteroatoms. The third-order valence-electron chi connectivity index (χ3n) is 8.13. The minimum atomic E-state index is -0.618. The van der Waals surface area contributed by atoms with Crippen molar-refractivity contribution in [3.8, 4) is 6.07 Å². The van der Waals surface area contributed by atoms with Crippen LogP contribution in [0.15, 0.2) is 88.2 Å². The largest absolute Gasteiger partial charge is 0.384 e. The molecule has 42 heavy (non-hydrogen) atoms. The molecular weight excluding hydrogens is 544 g/mol. The van der Waals surface area contributed by atoms with Gasteiger partial charge in [0.25, 0.3) is 5.69 Å². The summed E-state index contributed by atoms with van der Waals surface area (Å²) in [7, 11) is 0. The topological polar surface area (TPSA) is 113 Å². The van der Waals surface area contributed by atoms with Crippen molar-refractivity contribution in [3.05, 3.63) is 121 Å². The van der Waals surface area contributed by atoms with Crippen LogP contribution in [0.25, 0.3) is 0 Å². The zero-order valence-electron chi connectivity index (χ0n) is 24.5. The first kappa shape index (κ1) is 29.2. The summed E-state index contributed by atoms with van der Waals surface area (Å²) in [6, 6.07) is 21.2. The van der Waals surface area contributed by atoms with E-state index in [1.165, 1.54) is 22.6 Å². The number of allylic oxidation sites excluding steroid dienone is 3. The van der Waals surface area contributed by atoms with Crippen LogP contribution in [0, 0.1) is 47.6 Å². The summed E-state index contributed by atoms with van der Waals surface area (Å²) in [5.41, 5.74) is 13.7. The molecule has 1 unspecified atom stereocenters. The predicted molar refractivity (Wildman–Crippen MR) is 167 cm³/mol. The Balaban J connectivity index is 1.67. The highest BCUT2D eigenvalue weighted by atomic mass is 32.2. The van der Waals surface area contributed by atoms with Gasteiger partial charge < -0.3 is 5.73 Å². The van der Waals surface area contributed by atoms with Gasteiger partial charge in [-0.25, -0.2) is 0 Å². The number of hydrogen-bond acceptors (Lipinski definition) is 7. The van der Waals surface area contributed by atoms with Crippen molar-refractivity contribution in [1.82, 2.24) is 0 Å². The zero-order valence-corrected chi connectivity index (χ0v) is 25.3. The second kappa shape index (κ2) is 11.1. The lowest BCUT2D eigenvalue weighted by molar-refractivity contribution is -0.384. The van der Waals surface area contributed by atoms with Gasteiger partial charge in [0.15, 0.2) is 5.78 Å². The molecule has 1 aliphatic carbocycles. The van der Waals surface area contributed by atoms with Gasteiger partial charge in [0.05, 0.1) is 28.2 Å². The fourth-order valence-corrected chi connectivity index (χ4v) is 7.00. The first-order valence-electron chi connectivity index (χ1n) is 13.9. The number of anilines is 1. The van der Waals surface area contributed by atoms with Gasteiger partial charge in [0, 0.05) is 40.5 Å². The number of nitrogens with zero attached hydrogens (tertiary/aromatic N) is 3. The summed E-state index contributed by atoms with van der Waals surface area (Å²) in [5, 5.41) is 22.1. The maximum absolute atomic E-state index is 14.0. The molecule has 2 N–H and O–H groups in total. The molecule has 0 aromatic heterocycles. The van der Waals surface area contributed by atoms with Crippen molar-refractivity contribution in [2.75, 3.05) is 4.90 Å². The van der Waals surface area contributed by atoms with Crippen molar-refractivity contribution < 1.29 is 9.72 Å². The Kier molecular flexibility index (Phi) is 7.74. The standard InChI is InChI=1S/C34H34N4O3S/c1-20-9-11-26(12-10-20)42-19-23-14-27(22(3)13-21(23)2)31-28(18-35)33(36)37(24-7-6-8-25(15-24)38(40)41)29-16-34(4,5)17-30(39)32(29)31/h6-15,31H,16-17,19,36H2,1-5H3. The van der Waals surface area contributed by atoms with Crippen LogP contribution in [0.2, 0.25) is 0 Å². The number of nitro benzene ring substituents is 1. The fourth-order valence-electron chi connectivity index (χ4n) is 6.04. The Labute approximate surface area is 250 Å². The Morgan fingerprint density at radius 3 is 2.45 bits per heavy atom. The molecule has 3 aromatic rings. The molecule has 0 saturated carbocycles. The maximum atomic E-state index is 14.0. The molecular formula is C34H34N4O3S. The van der Waals surface area contributed by atoms with Crippen LogP contribution in [0.5, 0.6) is 0 Å². The minimum Gasteiger partial charge on any atom is -0.384 e. The first-order valence-corrected chi connectivity index (χ1v) is 14.9. The second-order valence-corrected chi connectivity index (χ2v) is 13.0. The summed E-state index contributed by atoms with van der Waals surface area (Å²) in [6.45, 7) is 10.2. The monoisotopic (exact) mass is 578 g/mol. The Bertz CT molecular complexity index is 1710. The van der Waals surface area contributed by atoms with E-state index in [-0.39, 0.29) is 28.3 Å². The van der Waals surface area contributed by atoms with Crippen molar-refractivity contribution in [1.29, 1.82) is 5.26 Å². The van der Waals surface area contributed by atoms with E-state index in [4.69, 9.17) is 5.73 Å². The number of non-ortho nitro benzene ring substituents is 1. The number of hydrogen-bond donors (Lipinski definition) is 1. The highest BCUT2D eigenvalue weighted by Gasteiger charge is 2.45. The lowest BCUT2D eigenvalue weighted by atomic mass is 9.68. The smallest absolute Gasteiger partial charge is 0.271 e. The Morgan fingerprint density at radius 1 is 1.07 bits per heavy atom. The van der Waals surface area contributed by atoms with Gasteiger partial charge in [0.2, 0.25) is 0 Å². The van der Waals surface area contributed by atoms with Crippen molar-refractivity contribution in [2.24, 2.45) is 11.1 Å². The summed E-state index contributed by atoms with van der Waals surface area (Å²) in [4.78, 5) is 28.0. The number of Topliss-reactive ketones (excluding diaryl/α,β-unsaturated/α-hetero) is 1. The molecule has 1 atom stereocenters. The van der Waals surface area contributed by atoms with Crippen molar-refractivity contribution in [2.45, 2.75) is 64.0 Å². The molecule has 5 rings (SSSR count). The van der Waals surface area contributed by atoms with E-state index in [1.807, 2.05) is 20.8 Å². The zero-order chi connectivity index (χ0) is 30.3. The number of nitrogens with two attached hydrogens (primary N) is 1. The van der Waals surface area contributed by atoms with Gasteiger partial charge >= 0.3 is 0 Å². The number of ketones is 1. The Hall–Kier alpha value is -4.35. The molecule has 0 fully saturated rings. The van der Waals surface area contributed by atoms with Gasteiger partial charge in [-0.15, -0.1) is 11.8 Å². The van der Waals surface area contributed by atoms with Gasteiger partial charge in [0.1, 0.15) is 5.82 Å². The predicted octanol–water partition coefficient (Wildman–Crippen LogP) is 7.75. The lowest BCUT2D eigenvalue weighted by Crippen LogP contribution is -2.42. The van der Waals surface area contributed by atoms with E-state index >= 15 is 0 Å². The van der Waals surface area contributed by atoms with E-state index in [9.17, 15) is 20.2 Å². The number of carbonyl (C=O) groups is 1. The molecule has 0 bridgehead atoms. The van der Waals surface area contributed by atoms with Gasteiger partial charge in [-0.05, 0) is 73.1 Å². The van der Waals surface area contributed by atoms with Crippen molar-refractivity contribution in [3.63, 3.8) is 0 Å². The summed E-state index contributed by atoms with van der Waals surface area (Å²) in [5.74, 6) is 0.287. The average molecular weight is 579 g/mol. The SMILES string of the molecule is Cc1ccc(SCc2cc(C3C(C#N)=C(N)N(c4cccc([N+](=O)[O-])c4)C4=C3C(=O)CC(C)(C)C4)c(C)cc2C)cc1. The van der Waals surface area contributed by atoms with Crippen LogP contribution in [0.3, 0.4) is 0 Å². The van der Waals surface area contributed by atoms with Crippen LogP contribution in [0.1, 0.15) is 60.4 Å². The number of benzene rings is 3. The first-order chi connectivity index (χ1) is 19.9. The molecule has 0 amide bonds. The molecule has 1 heterocycles. The summed E-state index contributed by atoms with van der Waals surface area (Å²) in [6.07, 6.45) is 0.873.